The third-order valence-electron chi connectivity index (χ3n) is 2.18. The van der Waals surface area contributed by atoms with Gasteiger partial charge in [0.2, 0.25) is 0 Å². The molecule has 0 radical (unpaired) electrons. The molecule has 0 aromatic carbocycles. The Morgan fingerprint density at radius 2 is 2.24 bits per heavy atom. The van der Waals surface area contributed by atoms with Crippen LogP contribution in [0.1, 0.15) is 5.56 Å². The Morgan fingerprint density at radius 3 is 2.76 bits per heavy atom. The van der Waals surface area contributed by atoms with Gasteiger partial charge in [-0.1, -0.05) is 0 Å². The van der Waals surface area contributed by atoms with Crippen molar-refractivity contribution in [3.8, 4) is 10.6 Å². The second-order valence-corrected chi connectivity index (χ2v) is 4.40. The molecule has 0 unspecified atom stereocenters. The van der Waals surface area contributed by atoms with Crippen molar-refractivity contribution >= 4 is 23.1 Å². The summed E-state index contributed by atoms with van der Waals surface area (Å²) in [5.74, 6) is -0.463. The van der Waals surface area contributed by atoms with Gasteiger partial charge in [0.25, 0.3) is 0 Å². The fraction of sp³-hybridized carbons (Fsp3) is 0.182. The first-order valence-corrected chi connectivity index (χ1v) is 5.88. The number of thiophene rings is 1. The van der Waals surface area contributed by atoms with E-state index in [-0.39, 0.29) is 6.54 Å². The molecule has 2 rings (SSSR count). The highest BCUT2D eigenvalue weighted by Gasteiger charge is 2.06. The van der Waals surface area contributed by atoms with Crippen molar-refractivity contribution in [3.05, 3.63) is 29.1 Å². The van der Waals surface area contributed by atoms with Gasteiger partial charge in [0.1, 0.15) is 18.1 Å². The molecule has 2 aromatic rings. The molecule has 0 aliphatic rings. The Hall–Kier alpha value is -1.95. The molecule has 2 N–H and O–H groups in total. The molecule has 0 atom stereocenters. The minimum atomic E-state index is -0.926. The predicted octanol–water partition coefficient (Wildman–Crippen LogP) is 2.01. The maximum atomic E-state index is 10.4. The number of nitrogens with zero attached hydrogens (tertiary/aromatic N) is 2. The van der Waals surface area contributed by atoms with E-state index in [2.05, 4.69) is 15.5 Å². The molecular weight excluding hydrogens is 238 g/mol. The third kappa shape index (κ3) is 2.79. The topological polar surface area (TPSA) is 75.1 Å². The largest absolute Gasteiger partial charge is 0.480 e. The highest BCUT2D eigenvalue weighted by molar-refractivity contribution is 7.13. The van der Waals surface area contributed by atoms with Gasteiger partial charge in [0.15, 0.2) is 0 Å². The molecule has 0 amide bonds. The molecular formula is C11H11N3O2S. The van der Waals surface area contributed by atoms with Crippen LogP contribution in [0.25, 0.3) is 10.6 Å². The lowest BCUT2D eigenvalue weighted by Gasteiger charge is -2.02. The van der Waals surface area contributed by atoms with Crippen LogP contribution in [0.2, 0.25) is 0 Å². The van der Waals surface area contributed by atoms with Gasteiger partial charge >= 0.3 is 5.97 Å². The van der Waals surface area contributed by atoms with Crippen LogP contribution in [0.3, 0.4) is 0 Å². The number of hydrogen-bond acceptors (Lipinski definition) is 5. The Balaban J connectivity index is 2.13. The summed E-state index contributed by atoms with van der Waals surface area (Å²) in [6, 6.07) is 5.58. The molecule has 0 aliphatic heterocycles. The molecule has 0 spiro atoms. The average molecular weight is 249 g/mol. The number of aryl methyl sites for hydroxylation is 1. The number of carboxylic acids is 1. The van der Waals surface area contributed by atoms with Crippen molar-refractivity contribution in [2.24, 2.45) is 0 Å². The summed E-state index contributed by atoms with van der Waals surface area (Å²) < 4.78 is 0. The van der Waals surface area contributed by atoms with Gasteiger partial charge in [-0.15, -0.1) is 21.5 Å². The smallest absolute Gasteiger partial charge is 0.322 e. The van der Waals surface area contributed by atoms with Crippen molar-refractivity contribution in [2.45, 2.75) is 6.92 Å². The van der Waals surface area contributed by atoms with Crippen LogP contribution in [-0.2, 0) is 4.79 Å². The zero-order valence-electron chi connectivity index (χ0n) is 9.17. The number of anilines is 1. The van der Waals surface area contributed by atoms with Crippen molar-refractivity contribution in [1.29, 1.82) is 0 Å². The minimum absolute atomic E-state index is 0.161. The number of aromatic nitrogens is 2. The molecule has 88 valence electrons. The van der Waals surface area contributed by atoms with Gasteiger partial charge in [-0.05, 0) is 36.1 Å². The number of hydrogen-bond donors (Lipinski definition) is 2. The quantitative estimate of drug-likeness (QED) is 0.867. The predicted molar refractivity (Wildman–Crippen MR) is 66.2 cm³/mol. The number of nitrogens with one attached hydrogen (secondary N) is 1. The van der Waals surface area contributed by atoms with E-state index in [0.717, 1.165) is 16.1 Å². The van der Waals surface area contributed by atoms with Crippen LogP contribution in [-0.4, -0.2) is 27.8 Å². The summed E-state index contributed by atoms with van der Waals surface area (Å²) in [6.07, 6.45) is 0. The third-order valence-corrected chi connectivity index (χ3v) is 3.22. The molecule has 2 aromatic heterocycles. The Kier molecular flexibility index (Phi) is 3.34. The zero-order chi connectivity index (χ0) is 12.3. The summed E-state index contributed by atoms with van der Waals surface area (Å²) in [5, 5.41) is 21.2. The average Bonchev–Trinajstić information content (AvgIpc) is 2.73. The first-order chi connectivity index (χ1) is 8.16. The SMILES string of the molecule is Cc1ccsc1-c1ccc(NCC(=O)O)nn1. The summed E-state index contributed by atoms with van der Waals surface area (Å²) in [7, 11) is 0. The Morgan fingerprint density at radius 1 is 1.41 bits per heavy atom. The number of carbonyl (C=O) groups is 1. The maximum Gasteiger partial charge on any atom is 0.322 e. The van der Waals surface area contributed by atoms with Gasteiger partial charge in [0.05, 0.1) is 4.88 Å². The molecule has 0 aliphatic carbocycles. The van der Waals surface area contributed by atoms with Gasteiger partial charge in [0, 0.05) is 0 Å². The lowest BCUT2D eigenvalue weighted by Crippen LogP contribution is -2.13. The first kappa shape index (κ1) is 11.5. The second-order valence-electron chi connectivity index (χ2n) is 3.48. The highest BCUT2D eigenvalue weighted by Crippen LogP contribution is 2.26. The van der Waals surface area contributed by atoms with E-state index in [9.17, 15) is 4.79 Å². The summed E-state index contributed by atoms with van der Waals surface area (Å²) in [6.45, 7) is 1.86. The van der Waals surface area contributed by atoms with E-state index in [1.807, 2.05) is 24.4 Å². The Bertz CT molecular complexity index is 522. The summed E-state index contributed by atoms with van der Waals surface area (Å²) >= 11 is 1.61. The first-order valence-electron chi connectivity index (χ1n) is 5.00. The molecule has 17 heavy (non-hydrogen) atoms. The van der Waals surface area contributed by atoms with Crippen LogP contribution in [0.4, 0.5) is 5.82 Å². The van der Waals surface area contributed by atoms with Crippen molar-refractivity contribution in [3.63, 3.8) is 0 Å². The number of rotatable bonds is 4. The van der Waals surface area contributed by atoms with E-state index in [0.29, 0.717) is 5.82 Å². The van der Waals surface area contributed by atoms with Gasteiger partial charge in [-0.3, -0.25) is 4.79 Å². The van der Waals surface area contributed by atoms with E-state index in [1.165, 1.54) is 0 Å². The molecule has 0 fully saturated rings. The van der Waals surface area contributed by atoms with Crippen LogP contribution < -0.4 is 5.32 Å². The molecule has 0 saturated heterocycles. The van der Waals surface area contributed by atoms with Gasteiger partial charge < -0.3 is 10.4 Å². The van der Waals surface area contributed by atoms with Crippen LogP contribution >= 0.6 is 11.3 Å². The lowest BCUT2D eigenvalue weighted by atomic mass is 10.2. The van der Waals surface area contributed by atoms with E-state index >= 15 is 0 Å². The fourth-order valence-corrected chi connectivity index (χ4v) is 2.24. The standard InChI is InChI=1S/C11H11N3O2S/c1-7-4-5-17-11(7)8-2-3-9(14-13-8)12-6-10(15)16/h2-5H,6H2,1H3,(H,12,14)(H,15,16). The molecule has 2 heterocycles. The molecule has 0 bridgehead atoms. The molecule has 6 heteroatoms. The van der Waals surface area contributed by atoms with Crippen LogP contribution in [0, 0.1) is 6.92 Å². The fourth-order valence-electron chi connectivity index (χ4n) is 1.35. The summed E-state index contributed by atoms with van der Waals surface area (Å²) in [4.78, 5) is 11.4. The minimum Gasteiger partial charge on any atom is -0.480 e. The van der Waals surface area contributed by atoms with E-state index in [4.69, 9.17) is 5.11 Å². The maximum absolute atomic E-state index is 10.4. The van der Waals surface area contributed by atoms with Gasteiger partial charge in [-0.25, -0.2) is 0 Å². The monoisotopic (exact) mass is 249 g/mol. The molecule has 0 saturated carbocycles. The molecule has 5 nitrogen and oxygen atoms in total. The van der Waals surface area contributed by atoms with Crippen molar-refractivity contribution in [1.82, 2.24) is 10.2 Å². The van der Waals surface area contributed by atoms with Crippen LogP contribution in [0.5, 0.6) is 0 Å². The lowest BCUT2D eigenvalue weighted by molar-refractivity contribution is -0.134. The normalized spacial score (nSPS) is 10.2. The number of carboxylic acid groups (broad SMARTS) is 1. The summed E-state index contributed by atoms with van der Waals surface area (Å²) in [5.41, 5.74) is 1.97. The van der Waals surface area contributed by atoms with Gasteiger partial charge in [-0.2, -0.15) is 0 Å². The van der Waals surface area contributed by atoms with Crippen LogP contribution in [0.15, 0.2) is 23.6 Å². The highest BCUT2D eigenvalue weighted by atomic mass is 32.1. The second kappa shape index (κ2) is 4.92. The Labute approximate surface area is 102 Å². The van der Waals surface area contributed by atoms with E-state index < -0.39 is 5.97 Å². The number of aliphatic carboxylic acids is 1. The van der Waals surface area contributed by atoms with Crippen molar-refractivity contribution in [2.75, 3.05) is 11.9 Å². The zero-order valence-corrected chi connectivity index (χ0v) is 9.99. The van der Waals surface area contributed by atoms with E-state index in [1.54, 1.807) is 17.4 Å². The van der Waals surface area contributed by atoms with Crippen molar-refractivity contribution < 1.29 is 9.90 Å².